The van der Waals surface area contributed by atoms with E-state index in [0.29, 0.717) is 6.42 Å². The van der Waals surface area contributed by atoms with Crippen molar-refractivity contribution in [1.29, 1.82) is 0 Å². The number of carbonyl (C=O) groups is 1. The zero-order chi connectivity index (χ0) is 11.6. The first-order valence-electron chi connectivity index (χ1n) is 5.88. The van der Waals surface area contributed by atoms with Crippen LogP contribution < -0.4 is 10.9 Å². The van der Waals surface area contributed by atoms with Gasteiger partial charge in [0.1, 0.15) is 0 Å². The van der Waals surface area contributed by atoms with Crippen LogP contribution in [0.1, 0.15) is 31.7 Å². The molecule has 0 spiro atoms. The molecule has 1 aromatic carbocycles. The van der Waals surface area contributed by atoms with Gasteiger partial charge in [0.2, 0.25) is 5.91 Å². The van der Waals surface area contributed by atoms with E-state index in [4.69, 9.17) is 0 Å². The number of nitrogens with one attached hydrogen (secondary N) is 2. The Bertz CT molecular complexity index is 298. The molecule has 0 bridgehead atoms. The molecule has 0 aromatic heterocycles. The predicted octanol–water partition coefficient (Wildman–Crippen LogP) is 2.04. The lowest BCUT2D eigenvalue weighted by molar-refractivity contribution is -0.122. The maximum Gasteiger partial charge on any atom is 0.234 e. The SMILES string of the molecule is CCCCNNC(=O)CCc1ccccc1. The van der Waals surface area contributed by atoms with Crippen molar-refractivity contribution in [2.45, 2.75) is 32.6 Å². The molecule has 0 radical (unpaired) electrons. The lowest BCUT2D eigenvalue weighted by Gasteiger charge is -2.06. The molecule has 0 saturated heterocycles. The second-order valence-corrected chi connectivity index (χ2v) is 3.81. The molecular formula is C13H20N2O. The minimum atomic E-state index is 0.0555. The van der Waals surface area contributed by atoms with Crippen LogP contribution in [-0.2, 0) is 11.2 Å². The first kappa shape index (κ1) is 12.7. The number of carbonyl (C=O) groups excluding carboxylic acids is 1. The third-order valence-corrected chi connectivity index (χ3v) is 2.37. The zero-order valence-corrected chi connectivity index (χ0v) is 9.83. The van der Waals surface area contributed by atoms with E-state index in [0.717, 1.165) is 25.8 Å². The van der Waals surface area contributed by atoms with E-state index in [1.54, 1.807) is 0 Å². The predicted molar refractivity (Wildman–Crippen MR) is 65.8 cm³/mol. The number of amides is 1. The average Bonchev–Trinajstić information content (AvgIpc) is 2.33. The summed E-state index contributed by atoms with van der Waals surface area (Å²) in [4.78, 5) is 11.4. The first-order valence-corrected chi connectivity index (χ1v) is 5.88. The second kappa shape index (κ2) is 7.88. The number of hydrogen-bond acceptors (Lipinski definition) is 2. The Morgan fingerprint density at radius 2 is 2.00 bits per heavy atom. The fourth-order valence-corrected chi connectivity index (χ4v) is 1.39. The molecule has 0 aliphatic rings. The summed E-state index contributed by atoms with van der Waals surface area (Å²) >= 11 is 0. The zero-order valence-electron chi connectivity index (χ0n) is 9.83. The van der Waals surface area contributed by atoms with Crippen LogP contribution >= 0.6 is 0 Å². The van der Waals surface area contributed by atoms with Gasteiger partial charge in [-0.05, 0) is 18.4 Å². The first-order chi connectivity index (χ1) is 7.83. The number of rotatable bonds is 7. The Balaban J connectivity index is 2.11. The van der Waals surface area contributed by atoms with Crippen LogP contribution in [0.25, 0.3) is 0 Å². The topological polar surface area (TPSA) is 41.1 Å². The minimum absolute atomic E-state index is 0.0555. The van der Waals surface area contributed by atoms with Crippen molar-refractivity contribution >= 4 is 5.91 Å². The molecular weight excluding hydrogens is 200 g/mol. The highest BCUT2D eigenvalue weighted by Gasteiger charge is 2.00. The lowest BCUT2D eigenvalue weighted by atomic mass is 10.1. The number of hydrogen-bond donors (Lipinski definition) is 2. The molecule has 0 aliphatic heterocycles. The Hall–Kier alpha value is -1.35. The van der Waals surface area contributed by atoms with Crippen molar-refractivity contribution < 1.29 is 4.79 Å². The van der Waals surface area contributed by atoms with Crippen LogP contribution in [0.5, 0.6) is 0 Å². The van der Waals surface area contributed by atoms with E-state index >= 15 is 0 Å². The number of benzene rings is 1. The average molecular weight is 220 g/mol. The van der Waals surface area contributed by atoms with Gasteiger partial charge in [0.25, 0.3) is 0 Å². The Labute approximate surface area is 97.2 Å². The van der Waals surface area contributed by atoms with E-state index in [1.807, 2.05) is 30.3 Å². The fourth-order valence-electron chi connectivity index (χ4n) is 1.39. The normalized spacial score (nSPS) is 10.1. The van der Waals surface area contributed by atoms with Crippen LogP contribution in [0, 0.1) is 0 Å². The molecule has 1 rings (SSSR count). The van der Waals surface area contributed by atoms with Gasteiger partial charge in [0.15, 0.2) is 0 Å². The van der Waals surface area contributed by atoms with Crippen molar-refractivity contribution in [3.05, 3.63) is 35.9 Å². The fraction of sp³-hybridized carbons (Fsp3) is 0.462. The smallest absolute Gasteiger partial charge is 0.234 e. The molecule has 0 aliphatic carbocycles. The van der Waals surface area contributed by atoms with Gasteiger partial charge in [-0.15, -0.1) is 0 Å². The maximum atomic E-state index is 11.4. The highest BCUT2D eigenvalue weighted by atomic mass is 16.2. The molecule has 3 nitrogen and oxygen atoms in total. The standard InChI is InChI=1S/C13H20N2O/c1-2-3-11-14-15-13(16)10-9-12-7-5-4-6-8-12/h4-8,14H,2-3,9-11H2,1H3,(H,15,16). The van der Waals surface area contributed by atoms with Crippen LogP contribution in [-0.4, -0.2) is 12.5 Å². The van der Waals surface area contributed by atoms with E-state index in [1.165, 1.54) is 5.56 Å². The Kier molecular flexibility index (Phi) is 6.26. The quantitative estimate of drug-likeness (QED) is 0.545. The Morgan fingerprint density at radius 3 is 2.69 bits per heavy atom. The summed E-state index contributed by atoms with van der Waals surface area (Å²) in [5, 5.41) is 0. The molecule has 16 heavy (non-hydrogen) atoms. The monoisotopic (exact) mass is 220 g/mol. The van der Waals surface area contributed by atoms with Crippen molar-refractivity contribution in [2.24, 2.45) is 0 Å². The van der Waals surface area contributed by atoms with Gasteiger partial charge in [-0.3, -0.25) is 10.2 Å². The number of aryl methyl sites for hydroxylation is 1. The van der Waals surface area contributed by atoms with Crippen LogP contribution in [0.15, 0.2) is 30.3 Å². The summed E-state index contributed by atoms with van der Waals surface area (Å²) in [7, 11) is 0. The van der Waals surface area contributed by atoms with E-state index in [9.17, 15) is 4.79 Å². The Morgan fingerprint density at radius 1 is 1.25 bits per heavy atom. The molecule has 0 heterocycles. The maximum absolute atomic E-state index is 11.4. The van der Waals surface area contributed by atoms with Crippen molar-refractivity contribution in [1.82, 2.24) is 10.9 Å². The third-order valence-electron chi connectivity index (χ3n) is 2.37. The second-order valence-electron chi connectivity index (χ2n) is 3.81. The number of unbranched alkanes of at least 4 members (excludes halogenated alkanes) is 1. The van der Waals surface area contributed by atoms with E-state index in [-0.39, 0.29) is 5.91 Å². The highest BCUT2D eigenvalue weighted by molar-refractivity contribution is 5.75. The third kappa shape index (κ3) is 5.51. The largest absolute Gasteiger partial charge is 0.292 e. The van der Waals surface area contributed by atoms with Crippen LogP contribution in [0.3, 0.4) is 0 Å². The molecule has 3 heteroatoms. The summed E-state index contributed by atoms with van der Waals surface area (Å²) < 4.78 is 0. The van der Waals surface area contributed by atoms with E-state index < -0.39 is 0 Å². The van der Waals surface area contributed by atoms with E-state index in [2.05, 4.69) is 17.8 Å². The van der Waals surface area contributed by atoms with Gasteiger partial charge in [0, 0.05) is 13.0 Å². The van der Waals surface area contributed by atoms with Crippen LogP contribution in [0.4, 0.5) is 0 Å². The molecule has 0 saturated carbocycles. The summed E-state index contributed by atoms with van der Waals surface area (Å²) in [5.74, 6) is 0.0555. The molecule has 88 valence electrons. The summed E-state index contributed by atoms with van der Waals surface area (Å²) in [6, 6.07) is 10.0. The summed E-state index contributed by atoms with van der Waals surface area (Å²) in [6.07, 6.45) is 3.54. The van der Waals surface area contributed by atoms with Gasteiger partial charge < -0.3 is 0 Å². The molecule has 1 amide bonds. The lowest BCUT2D eigenvalue weighted by Crippen LogP contribution is -2.37. The molecule has 0 fully saturated rings. The van der Waals surface area contributed by atoms with Gasteiger partial charge in [0.05, 0.1) is 0 Å². The summed E-state index contributed by atoms with van der Waals surface area (Å²) in [5.41, 5.74) is 6.82. The molecule has 2 N–H and O–H groups in total. The minimum Gasteiger partial charge on any atom is -0.292 e. The molecule has 0 unspecified atom stereocenters. The van der Waals surface area contributed by atoms with Gasteiger partial charge in [-0.1, -0.05) is 43.7 Å². The van der Waals surface area contributed by atoms with Gasteiger partial charge in [-0.2, -0.15) is 0 Å². The molecule has 0 atom stereocenters. The van der Waals surface area contributed by atoms with Crippen molar-refractivity contribution in [2.75, 3.05) is 6.54 Å². The van der Waals surface area contributed by atoms with Crippen LogP contribution in [0.2, 0.25) is 0 Å². The number of hydrazine groups is 1. The highest BCUT2D eigenvalue weighted by Crippen LogP contribution is 2.01. The van der Waals surface area contributed by atoms with Crippen molar-refractivity contribution in [3.8, 4) is 0 Å². The van der Waals surface area contributed by atoms with Gasteiger partial charge in [-0.25, -0.2) is 5.43 Å². The molecule has 1 aromatic rings. The van der Waals surface area contributed by atoms with Crippen molar-refractivity contribution in [3.63, 3.8) is 0 Å². The van der Waals surface area contributed by atoms with Gasteiger partial charge >= 0.3 is 0 Å². The summed E-state index contributed by atoms with van der Waals surface area (Å²) in [6.45, 7) is 2.96.